The van der Waals surface area contributed by atoms with Crippen LogP contribution in [0.4, 0.5) is 11.4 Å². The topological polar surface area (TPSA) is 3.24 Å². The molecule has 10 rings (SSSR count). The summed E-state index contributed by atoms with van der Waals surface area (Å²) in [6, 6.07) is 60.3. The van der Waals surface area contributed by atoms with Crippen LogP contribution in [0.25, 0.3) is 11.1 Å². The van der Waals surface area contributed by atoms with Crippen molar-refractivity contribution in [3.8, 4) is 11.1 Å². The van der Waals surface area contributed by atoms with Gasteiger partial charge in [0.2, 0.25) is 0 Å². The zero-order valence-electron chi connectivity index (χ0n) is 31.1. The van der Waals surface area contributed by atoms with Gasteiger partial charge in [-0.05, 0) is 80.4 Å². The summed E-state index contributed by atoms with van der Waals surface area (Å²) in [5.74, 6) is 0.579. The monoisotopic (exact) mass is 735 g/mol. The number of thioether (sulfide) groups is 1. The van der Waals surface area contributed by atoms with Crippen molar-refractivity contribution in [2.24, 2.45) is 5.92 Å². The Morgan fingerprint density at radius 1 is 0.536 bits per heavy atom. The van der Waals surface area contributed by atoms with Crippen LogP contribution in [-0.4, -0.2) is 0 Å². The van der Waals surface area contributed by atoms with Crippen LogP contribution in [0.5, 0.6) is 0 Å². The molecule has 3 aliphatic carbocycles. The van der Waals surface area contributed by atoms with E-state index in [1.54, 1.807) is 0 Å². The maximum atomic E-state index is 4.63. The molecule has 6 aromatic rings. The third kappa shape index (κ3) is 5.72. The molecule has 0 bridgehead atoms. The maximum absolute atomic E-state index is 4.63. The van der Waals surface area contributed by atoms with Crippen LogP contribution in [0, 0.1) is 5.92 Å². The Bertz CT molecular complexity index is 2550. The smallest absolute Gasteiger partial charge is 0.0843 e. The highest BCUT2D eigenvalue weighted by Crippen LogP contribution is 2.64. The Labute approximate surface area is 334 Å². The molecule has 0 N–H and O–H groups in total. The fourth-order valence-electron chi connectivity index (χ4n) is 9.35. The van der Waals surface area contributed by atoms with Gasteiger partial charge < -0.3 is 4.90 Å². The second-order valence-corrected chi connectivity index (χ2v) is 16.0. The number of anilines is 2. The molecule has 0 fully saturated rings. The lowest BCUT2D eigenvalue weighted by Crippen LogP contribution is -2.36. The molecule has 0 aromatic heterocycles. The third-order valence-corrected chi connectivity index (χ3v) is 13.1. The van der Waals surface area contributed by atoms with E-state index in [9.17, 15) is 0 Å². The van der Waals surface area contributed by atoms with E-state index in [0.29, 0.717) is 5.92 Å². The van der Waals surface area contributed by atoms with Crippen LogP contribution < -0.4 is 4.90 Å². The summed E-state index contributed by atoms with van der Waals surface area (Å²) in [5.41, 5.74) is 13.2. The Hall–Kier alpha value is -6.35. The quantitative estimate of drug-likeness (QED) is 0.161. The minimum atomic E-state index is -0.366. The van der Waals surface area contributed by atoms with Crippen LogP contribution >= 0.6 is 11.8 Å². The van der Waals surface area contributed by atoms with Crippen molar-refractivity contribution >= 4 is 23.1 Å². The molecular weight excluding hydrogens is 695 g/mol. The van der Waals surface area contributed by atoms with Gasteiger partial charge in [-0.2, -0.15) is 0 Å². The van der Waals surface area contributed by atoms with Gasteiger partial charge >= 0.3 is 0 Å². The molecule has 0 amide bonds. The van der Waals surface area contributed by atoms with Gasteiger partial charge in [0.1, 0.15) is 0 Å². The maximum Gasteiger partial charge on any atom is 0.0843 e. The lowest BCUT2D eigenvalue weighted by molar-refractivity contribution is 0.452. The number of fused-ring (bicyclic) bond motifs is 4. The van der Waals surface area contributed by atoms with E-state index >= 15 is 0 Å². The number of benzene rings is 6. The molecule has 2 unspecified atom stereocenters. The van der Waals surface area contributed by atoms with Gasteiger partial charge in [0, 0.05) is 34.0 Å². The average Bonchev–Trinajstić information content (AvgIpc) is 3.91. The van der Waals surface area contributed by atoms with Crippen LogP contribution in [-0.2, 0) is 5.41 Å². The van der Waals surface area contributed by atoms with Crippen LogP contribution in [0.3, 0.4) is 0 Å². The zero-order chi connectivity index (χ0) is 37.5. The summed E-state index contributed by atoms with van der Waals surface area (Å²) in [6.45, 7) is 4.63. The van der Waals surface area contributed by atoms with Crippen molar-refractivity contribution in [1.82, 2.24) is 0 Å². The molecule has 1 nitrogen and oxygen atoms in total. The minimum absolute atomic E-state index is 0.119. The third-order valence-electron chi connectivity index (χ3n) is 11.9. The largest absolute Gasteiger partial charge is 0.305 e. The summed E-state index contributed by atoms with van der Waals surface area (Å²) < 4.78 is 0. The fourth-order valence-corrected chi connectivity index (χ4v) is 10.7. The van der Waals surface area contributed by atoms with Crippen molar-refractivity contribution in [2.75, 3.05) is 4.90 Å². The number of hydrogen-bond donors (Lipinski definition) is 0. The SMILES string of the molecule is C=C1/C=C\C=C(\N(c2ccc(-c3ccccc3)cc2)c2ccc(C3C=CC=C3)cc2)SC2=C1C=CC1C2c2ccccc2C1(c1ccccc1)c1ccccc1. The van der Waals surface area contributed by atoms with Gasteiger partial charge in [-0.3, -0.25) is 0 Å². The fraction of sp³-hybridized carbons (Fsp3) is 0.0741. The summed E-state index contributed by atoms with van der Waals surface area (Å²) in [4.78, 5) is 3.77. The van der Waals surface area contributed by atoms with Gasteiger partial charge in [0.15, 0.2) is 0 Å². The molecule has 6 aromatic carbocycles. The van der Waals surface area contributed by atoms with Crippen molar-refractivity contribution < 1.29 is 0 Å². The molecule has 268 valence electrons. The lowest BCUT2D eigenvalue weighted by atomic mass is 9.63. The Kier molecular flexibility index (Phi) is 8.77. The van der Waals surface area contributed by atoms with E-state index in [1.807, 2.05) is 11.8 Å². The lowest BCUT2D eigenvalue weighted by Gasteiger charge is -2.41. The van der Waals surface area contributed by atoms with Gasteiger partial charge in [0.25, 0.3) is 0 Å². The highest BCUT2D eigenvalue weighted by Gasteiger charge is 2.55. The summed E-state index contributed by atoms with van der Waals surface area (Å²) in [7, 11) is 0. The molecule has 0 spiro atoms. The Balaban J connectivity index is 1.12. The standard InChI is InChI=1S/C54H41NS/c1-38-16-15-27-51(55(46-34-30-42(31-35-46)40-19-11-12-20-40)45-32-28-41(29-33-45)39-17-5-2-6-18-39)56-53-47(38)36-37-50-52(53)48-25-13-14-26-49(48)54(50,43-21-7-3-8-22-43)44-23-9-4-10-24-44/h2-37,40,50,52H,1H2/b16-15-,51-27-. The van der Waals surface area contributed by atoms with E-state index in [4.69, 9.17) is 0 Å². The normalized spacial score (nSPS) is 20.7. The second-order valence-electron chi connectivity index (χ2n) is 14.9. The number of allylic oxidation sites excluding steroid dienone is 12. The van der Waals surface area contributed by atoms with Crippen LogP contribution in [0.15, 0.2) is 246 Å². The van der Waals surface area contributed by atoms with Crippen molar-refractivity contribution in [2.45, 2.75) is 17.3 Å². The molecule has 2 heteroatoms. The summed E-state index contributed by atoms with van der Waals surface area (Å²) in [6.07, 6.45) is 20.3. The van der Waals surface area contributed by atoms with Crippen molar-refractivity contribution in [3.05, 3.63) is 274 Å². The molecule has 1 heterocycles. The molecule has 56 heavy (non-hydrogen) atoms. The molecule has 0 saturated carbocycles. The highest BCUT2D eigenvalue weighted by molar-refractivity contribution is 8.07. The number of nitrogens with zero attached hydrogens (tertiary/aromatic N) is 1. The Morgan fingerprint density at radius 3 is 1.77 bits per heavy atom. The first-order valence-corrected chi connectivity index (χ1v) is 20.3. The molecule has 0 saturated heterocycles. The zero-order valence-corrected chi connectivity index (χ0v) is 31.9. The summed E-state index contributed by atoms with van der Waals surface area (Å²) in [5, 5.41) is 1.14. The molecule has 2 atom stereocenters. The van der Waals surface area contributed by atoms with E-state index in [0.717, 1.165) is 22.0 Å². The van der Waals surface area contributed by atoms with Crippen LogP contribution in [0.1, 0.15) is 39.7 Å². The first-order chi connectivity index (χ1) is 27.7. The van der Waals surface area contributed by atoms with Crippen LogP contribution in [0.2, 0.25) is 0 Å². The molecule has 4 aliphatic rings. The number of hydrogen-bond acceptors (Lipinski definition) is 2. The molecule has 0 radical (unpaired) electrons. The predicted octanol–water partition coefficient (Wildman–Crippen LogP) is 14.0. The van der Waals surface area contributed by atoms with Gasteiger partial charge in [-0.25, -0.2) is 0 Å². The first kappa shape index (κ1) is 34.2. The second kappa shape index (κ2) is 14.4. The highest BCUT2D eigenvalue weighted by atomic mass is 32.2. The summed E-state index contributed by atoms with van der Waals surface area (Å²) >= 11 is 1.89. The van der Waals surface area contributed by atoms with E-state index in [1.165, 1.54) is 49.4 Å². The van der Waals surface area contributed by atoms with Gasteiger partial charge in [-0.1, -0.05) is 206 Å². The molecule has 1 aliphatic heterocycles. The van der Waals surface area contributed by atoms with E-state index in [-0.39, 0.29) is 17.3 Å². The predicted molar refractivity (Wildman–Crippen MR) is 237 cm³/mol. The Morgan fingerprint density at radius 2 is 1.11 bits per heavy atom. The van der Waals surface area contributed by atoms with Crippen molar-refractivity contribution in [3.63, 3.8) is 0 Å². The van der Waals surface area contributed by atoms with Crippen molar-refractivity contribution in [1.29, 1.82) is 0 Å². The first-order valence-electron chi connectivity index (χ1n) is 19.5. The average molecular weight is 736 g/mol. The van der Waals surface area contributed by atoms with E-state index in [2.05, 4.69) is 230 Å². The molecular formula is C54H41NS. The minimum Gasteiger partial charge on any atom is -0.305 e. The van der Waals surface area contributed by atoms with Gasteiger partial charge in [0.05, 0.1) is 10.4 Å². The number of rotatable bonds is 7. The van der Waals surface area contributed by atoms with Gasteiger partial charge in [-0.15, -0.1) is 0 Å². The van der Waals surface area contributed by atoms with E-state index < -0.39 is 0 Å².